The summed E-state index contributed by atoms with van der Waals surface area (Å²) in [6.45, 7) is 1.82. The lowest BCUT2D eigenvalue weighted by Gasteiger charge is -1.89. The minimum Gasteiger partial charge on any atom is -0.205 e. The number of hydrogen-bond donors (Lipinski definition) is 0. The van der Waals surface area contributed by atoms with Crippen molar-refractivity contribution >= 4 is 26.5 Å². The number of benzene rings is 1. The molecule has 0 spiro atoms. The standard InChI is InChI=1S/C9H6FN3S/c1-5-11-9-13(12-5)7-4-2-3-6(10)8(7)14-9/h2-4H,1H3. The van der Waals surface area contributed by atoms with Gasteiger partial charge in [0.05, 0.1) is 10.2 Å². The highest BCUT2D eigenvalue weighted by atomic mass is 32.1. The van der Waals surface area contributed by atoms with Crippen LogP contribution in [0.25, 0.3) is 15.2 Å². The van der Waals surface area contributed by atoms with Crippen molar-refractivity contribution in [3.05, 3.63) is 29.8 Å². The molecule has 0 unspecified atom stereocenters. The summed E-state index contributed by atoms with van der Waals surface area (Å²) in [5.74, 6) is 0.500. The average Bonchev–Trinajstić information content (AvgIpc) is 2.63. The fourth-order valence-electron chi connectivity index (χ4n) is 1.48. The molecule has 0 amide bonds. The second-order valence-corrected chi connectivity index (χ2v) is 4.02. The molecule has 0 radical (unpaired) electrons. The number of rotatable bonds is 0. The predicted molar refractivity (Wildman–Crippen MR) is 53.1 cm³/mol. The Bertz CT molecular complexity index is 625. The molecule has 0 atom stereocenters. The van der Waals surface area contributed by atoms with E-state index in [1.807, 2.05) is 13.0 Å². The summed E-state index contributed by atoms with van der Waals surface area (Å²) < 4.78 is 15.6. The second-order valence-electron chi connectivity index (χ2n) is 3.04. The number of aryl methyl sites for hydroxylation is 1. The maximum Gasteiger partial charge on any atom is 0.213 e. The van der Waals surface area contributed by atoms with Gasteiger partial charge in [-0.1, -0.05) is 17.4 Å². The van der Waals surface area contributed by atoms with E-state index in [1.54, 1.807) is 10.6 Å². The minimum absolute atomic E-state index is 0.211. The molecule has 3 nitrogen and oxygen atoms in total. The number of halogens is 1. The van der Waals surface area contributed by atoms with Crippen molar-refractivity contribution in [2.45, 2.75) is 6.92 Å². The molecule has 0 aliphatic heterocycles. The first-order valence-electron chi connectivity index (χ1n) is 4.16. The number of hydrogen-bond acceptors (Lipinski definition) is 3. The van der Waals surface area contributed by atoms with Crippen LogP contribution in [-0.4, -0.2) is 14.6 Å². The maximum absolute atomic E-state index is 13.3. The van der Waals surface area contributed by atoms with E-state index in [0.717, 1.165) is 10.5 Å². The maximum atomic E-state index is 13.3. The first-order chi connectivity index (χ1) is 6.75. The van der Waals surface area contributed by atoms with Crippen molar-refractivity contribution < 1.29 is 4.39 Å². The molecule has 0 bridgehead atoms. The summed E-state index contributed by atoms with van der Waals surface area (Å²) in [6, 6.07) is 4.97. The van der Waals surface area contributed by atoms with Crippen molar-refractivity contribution in [1.29, 1.82) is 0 Å². The number of nitrogens with zero attached hydrogens (tertiary/aromatic N) is 3. The zero-order valence-electron chi connectivity index (χ0n) is 7.36. The van der Waals surface area contributed by atoms with Gasteiger partial charge in [-0.25, -0.2) is 13.9 Å². The highest BCUT2D eigenvalue weighted by Crippen LogP contribution is 2.26. The van der Waals surface area contributed by atoms with Crippen LogP contribution in [0.15, 0.2) is 18.2 Å². The van der Waals surface area contributed by atoms with E-state index in [4.69, 9.17) is 0 Å². The topological polar surface area (TPSA) is 30.2 Å². The van der Waals surface area contributed by atoms with E-state index in [0.29, 0.717) is 10.5 Å². The summed E-state index contributed by atoms with van der Waals surface area (Å²) in [4.78, 5) is 4.93. The van der Waals surface area contributed by atoms with E-state index < -0.39 is 0 Å². The summed E-state index contributed by atoms with van der Waals surface area (Å²) in [6.07, 6.45) is 0. The lowest BCUT2D eigenvalue weighted by Crippen LogP contribution is -1.84. The molecule has 5 heteroatoms. The van der Waals surface area contributed by atoms with Crippen molar-refractivity contribution in [3.63, 3.8) is 0 Å². The van der Waals surface area contributed by atoms with Gasteiger partial charge in [0.25, 0.3) is 0 Å². The van der Waals surface area contributed by atoms with E-state index in [-0.39, 0.29) is 5.82 Å². The van der Waals surface area contributed by atoms with Gasteiger partial charge in [-0.3, -0.25) is 0 Å². The lowest BCUT2D eigenvalue weighted by molar-refractivity contribution is 0.641. The van der Waals surface area contributed by atoms with Crippen LogP contribution in [0.5, 0.6) is 0 Å². The van der Waals surface area contributed by atoms with Gasteiger partial charge in [-0.05, 0) is 19.1 Å². The molecular formula is C9H6FN3S. The Balaban J connectivity index is 2.59. The van der Waals surface area contributed by atoms with Gasteiger partial charge in [0, 0.05) is 0 Å². The van der Waals surface area contributed by atoms with Gasteiger partial charge in [-0.2, -0.15) is 5.10 Å². The number of aromatic nitrogens is 3. The fraction of sp³-hybridized carbons (Fsp3) is 0.111. The van der Waals surface area contributed by atoms with Gasteiger partial charge in [0.2, 0.25) is 4.96 Å². The molecule has 3 rings (SSSR count). The third kappa shape index (κ3) is 0.899. The Morgan fingerprint density at radius 2 is 2.29 bits per heavy atom. The molecule has 1 aromatic carbocycles. The Labute approximate surface area is 82.8 Å². The molecule has 0 N–H and O–H groups in total. The van der Waals surface area contributed by atoms with E-state index in [1.165, 1.54) is 17.4 Å². The van der Waals surface area contributed by atoms with Crippen molar-refractivity contribution in [1.82, 2.24) is 14.6 Å². The normalized spacial score (nSPS) is 11.6. The summed E-state index contributed by atoms with van der Waals surface area (Å²) in [5, 5.41) is 4.19. The largest absolute Gasteiger partial charge is 0.213 e. The third-order valence-corrected chi connectivity index (χ3v) is 3.11. The van der Waals surface area contributed by atoms with Crippen LogP contribution in [0.4, 0.5) is 4.39 Å². The zero-order valence-corrected chi connectivity index (χ0v) is 8.18. The second kappa shape index (κ2) is 2.51. The molecule has 0 fully saturated rings. The lowest BCUT2D eigenvalue weighted by atomic mass is 10.3. The van der Waals surface area contributed by atoms with Crippen LogP contribution in [0.3, 0.4) is 0 Å². The highest BCUT2D eigenvalue weighted by Gasteiger charge is 2.10. The van der Waals surface area contributed by atoms with Gasteiger partial charge in [0.1, 0.15) is 11.6 Å². The van der Waals surface area contributed by atoms with E-state index in [2.05, 4.69) is 10.1 Å². The Morgan fingerprint density at radius 3 is 3.14 bits per heavy atom. The Hall–Kier alpha value is -1.49. The molecule has 70 valence electrons. The molecule has 0 saturated heterocycles. The molecule has 2 aromatic heterocycles. The monoisotopic (exact) mass is 207 g/mol. The highest BCUT2D eigenvalue weighted by molar-refractivity contribution is 7.23. The van der Waals surface area contributed by atoms with E-state index in [9.17, 15) is 4.39 Å². The van der Waals surface area contributed by atoms with Crippen LogP contribution < -0.4 is 0 Å². The minimum atomic E-state index is -0.211. The van der Waals surface area contributed by atoms with Gasteiger partial charge in [0.15, 0.2) is 0 Å². The molecule has 0 aliphatic rings. The van der Waals surface area contributed by atoms with E-state index >= 15 is 0 Å². The SMILES string of the molecule is Cc1nc2sc3c(F)cccc3n2n1. The van der Waals surface area contributed by atoms with Gasteiger partial charge < -0.3 is 0 Å². The van der Waals surface area contributed by atoms with Crippen molar-refractivity contribution in [3.8, 4) is 0 Å². The summed E-state index contributed by atoms with van der Waals surface area (Å²) in [5.41, 5.74) is 0.783. The van der Waals surface area contributed by atoms with Crippen LogP contribution >= 0.6 is 11.3 Å². The van der Waals surface area contributed by atoms with Crippen LogP contribution in [0, 0.1) is 12.7 Å². The summed E-state index contributed by atoms with van der Waals surface area (Å²) in [7, 11) is 0. The first kappa shape index (κ1) is 7.87. The summed E-state index contributed by atoms with van der Waals surface area (Å²) >= 11 is 1.32. The number of fused-ring (bicyclic) bond motifs is 3. The molecule has 3 aromatic rings. The van der Waals surface area contributed by atoms with Gasteiger partial charge in [-0.15, -0.1) is 0 Å². The van der Waals surface area contributed by atoms with Crippen LogP contribution in [0.1, 0.15) is 5.82 Å². The quantitative estimate of drug-likeness (QED) is 0.566. The Morgan fingerprint density at radius 1 is 1.43 bits per heavy atom. The molecule has 0 aliphatic carbocycles. The molecule has 2 heterocycles. The molecule has 14 heavy (non-hydrogen) atoms. The molecule has 0 saturated carbocycles. The van der Waals surface area contributed by atoms with Crippen molar-refractivity contribution in [2.75, 3.05) is 0 Å². The zero-order chi connectivity index (χ0) is 9.71. The smallest absolute Gasteiger partial charge is 0.205 e. The Kier molecular flexibility index (Phi) is 1.41. The van der Waals surface area contributed by atoms with Gasteiger partial charge >= 0.3 is 0 Å². The fourth-order valence-corrected chi connectivity index (χ4v) is 2.49. The van der Waals surface area contributed by atoms with Crippen LogP contribution in [-0.2, 0) is 0 Å². The molecular weight excluding hydrogens is 201 g/mol. The third-order valence-electron chi connectivity index (χ3n) is 2.05. The first-order valence-corrected chi connectivity index (χ1v) is 4.98. The predicted octanol–water partition coefficient (Wildman–Crippen LogP) is 2.39. The van der Waals surface area contributed by atoms with Crippen LogP contribution in [0.2, 0.25) is 0 Å². The van der Waals surface area contributed by atoms with Crippen molar-refractivity contribution in [2.24, 2.45) is 0 Å². The number of thiazole rings is 1. The average molecular weight is 207 g/mol.